The van der Waals surface area contributed by atoms with E-state index in [1.165, 1.54) is 11.8 Å². The number of thioether (sulfide) groups is 1. The number of fused-ring (bicyclic) bond motifs is 1. The number of hydrogen-bond donors (Lipinski definition) is 1. The molecule has 4 aromatic rings. The summed E-state index contributed by atoms with van der Waals surface area (Å²) in [6.45, 7) is 2.94. The van der Waals surface area contributed by atoms with Crippen molar-refractivity contribution in [1.29, 1.82) is 0 Å². The van der Waals surface area contributed by atoms with Crippen LogP contribution in [0.2, 0.25) is 10.0 Å². The number of ether oxygens (including phenoxy) is 1. The maximum atomic E-state index is 12.4. The second-order valence-electron chi connectivity index (χ2n) is 6.85. The van der Waals surface area contributed by atoms with E-state index in [0.717, 1.165) is 16.5 Å². The van der Waals surface area contributed by atoms with Gasteiger partial charge in [-0.15, -0.1) is 10.2 Å². The van der Waals surface area contributed by atoms with Gasteiger partial charge in [-0.1, -0.05) is 77.4 Å². The highest BCUT2D eigenvalue weighted by molar-refractivity contribution is 7.99. The van der Waals surface area contributed by atoms with E-state index in [0.29, 0.717) is 33.3 Å². The van der Waals surface area contributed by atoms with Gasteiger partial charge in [-0.05, 0) is 30.5 Å². The number of nitrogens with zero attached hydrogens (tertiary/aromatic N) is 3. The topological polar surface area (TPSA) is 69.0 Å². The Hall–Kier alpha value is -2.74. The lowest BCUT2D eigenvalue weighted by Crippen LogP contribution is -2.15. The van der Waals surface area contributed by atoms with E-state index in [-0.39, 0.29) is 18.3 Å². The van der Waals surface area contributed by atoms with Gasteiger partial charge < -0.3 is 14.6 Å². The van der Waals surface area contributed by atoms with Crippen molar-refractivity contribution in [3.05, 3.63) is 76.5 Å². The van der Waals surface area contributed by atoms with Gasteiger partial charge in [-0.25, -0.2) is 0 Å². The summed E-state index contributed by atoms with van der Waals surface area (Å²) in [5.41, 5.74) is 0.478. The number of aromatic nitrogens is 3. The maximum absolute atomic E-state index is 12.4. The molecule has 0 spiro atoms. The minimum Gasteiger partial charge on any atom is -0.485 e. The van der Waals surface area contributed by atoms with Crippen molar-refractivity contribution in [3.63, 3.8) is 0 Å². The molecule has 1 aromatic heterocycles. The molecule has 0 radical (unpaired) electrons. The van der Waals surface area contributed by atoms with E-state index in [1.54, 1.807) is 18.2 Å². The molecule has 0 aliphatic rings. The van der Waals surface area contributed by atoms with E-state index in [1.807, 2.05) is 54.0 Å². The zero-order chi connectivity index (χ0) is 22.5. The van der Waals surface area contributed by atoms with E-state index < -0.39 is 0 Å². The lowest BCUT2D eigenvalue weighted by Gasteiger charge is -2.11. The summed E-state index contributed by atoms with van der Waals surface area (Å²) >= 11 is 13.4. The summed E-state index contributed by atoms with van der Waals surface area (Å²) < 4.78 is 7.99. The Balaban J connectivity index is 1.40. The Bertz CT molecular complexity index is 1260. The quantitative estimate of drug-likeness (QED) is 0.306. The van der Waals surface area contributed by atoms with Crippen molar-refractivity contribution in [2.75, 3.05) is 11.1 Å². The molecule has 0 bridgehead atoms. The largest absolute Gasteiger partial charge is 0.485 e. The third-order valence-electron chi connectivity index (χ3n) is 4.77. The van der Waals surface area contributed by atoms with Gasteiger partial charge in [0.25, 0.3) is 0 Å². The van der Waals surface area contributed by atoms with Gasteiger partial charge in [0.15, 0.2) is 11.0 Å². The van der Waals surface area contributed by atoms with Crippen molar-refractivity contribution in [2.45, 2.75) is 25.2 Å². The van der Waals surface area contributed by atoms with Crippen LogP contribution in [-0.2, 0) is 17.9 Å². The molecule has 32 heavy (non-hydrogen) atoms. The fraction of sp³-hybridized carbons (Fsp3) is 0.174. The second kappa shape index (κ2) is 10.3. The number of carbonyl (C=O) groups is 1. The van der Waals surface area contributed by atoms with Crippen LogP contribution >= 0.6 is 35.0 Å². The Morgan fingerprint density at radius 3 is 2.69 bits per heavy atom. The normalized spacial score (nSPS) is 11.0. The predicted octanol–water partition coefficient (Wildman–Crippen LogP) is 6.07. The van der Waals surface area contributed by atoms with Crippen molar-refractivity contribution in [1.82, 2.24) is 14.8 Å². The second-order valence-corrected chi connectivity index (χ2v) is 8.57. The van der Waals surface area contributed by atoms with Crippen LogP contribution in [0.5, 0.6) is 5.75 Å². The van der Waals surface area contributed by atoms with Crippen LogP contribution < -0.4 is 10.1 Å². The van der Waals surface area contributed by atoms with Crippen LogP contribution in [0, 0.1) is 0 Å². The fourth-order valence-electron chi connectivity index (χ4n) is 3.23. The van der Waals surface area contributed by atoms with Crippen molar-refractivity contribution < 1.29 is 9.53 Å². The molecule has 0 saturated carbocycles. The molecule has 0 aliphatic heterocycles. The smallest absolute Gasteiger partial charge is 0.234 e. The van der Waals surface area contributed by atoms with Gasteiger partial charge >= 0.3 is 0 Å². The minimum atomic E-state index is -0.210. The maximum Gasteiger partial charge on any atom is 0.234 e. The van der Waals surface area contributed by atoms with E-state index >= 15 is 0 Å². The van der Waals surface area contributed by atoms with E-state index in [4.69, 9.17) is 27.9 Å². The summed E-state index contributed by atoms with van der Waals surface area (Å²) in [6.07, 6.45) is 0. The molecule has 1 heterocycles. The number of anilines is 1. The zero-order valence-electron chi connectivity index (χ0n) is 17.2. The molecule has 0 saturated heterocycles. The predicted molar refractivity (Wildman–Crippen MR) is 130 cm³/mol. The number of benzene rings is 3. The fourth-order valence-corrected chi connectivity index (χ4v) is 4.40. The number of nitrogens with one attached hydrogen (secondary N) is 1. The van der Waals surface area contributed by atoms with Crippen LogP contribution in [0.4, 0.5) is 5.69 Å². The molecule has 3 aromatic carbocycles. The summed E-state index contributed by atoms with van der Waals surface area (Å²) in [5.74, 6) is 1.44. The average molecular weight is 487 g/mol. The zero-order valence-corrected chi connectivity index (χ0v) is 19.5. The molecule has 0 unspecified atom stereocenters. The summed E-state index contributed by atoms with van der Waals surface area (Å²) in [5, 5.41) is 14.8. The first kappa shape index (κ1) is 22.5. The SMILES string of the molecule is CCn1c(COc2cccc3ccccc23)nnc1SCC(=O)Nc1cccc(Cl)c1Cl. The lowest BCUT2D eigenvalue weighted by atomic mass is 10.1. The Labute approximate surface area is 199 Å². The van der Waals surface area contributed by atoms with Crippen molar-refractivity contribution in [2.24, 2.45) is 0 Å². The van der Waals surface area contributed by atoms with Crippen LogP contribution in [0.1, 0.15) is 12.7 Å². The van der Waals surface area contributed by atoms with Gasteiger partial charge in [0.2, 0.25) is 5.91 Å². The molecule has 164 valence electrons. The number of carbonyl (C=O) groups excluding carboxylic acids is 1. The standard InChI is InChI=1S/C23H20Cl2N4O2S/c1-2-29-20(13-31-19-12-5-8-15-7-3-4-9-16(15)19)27-28-23(29)32-14-21(30)26-18-11-6-10-17(24)22(18)25/h3-12H,2,13-14H2,1H3,(H,26,30). The third-order valence-corrected chi connectivity index (χ3v) is 6.56. The lowest BCUT2D eigenvalue weighted by molar-refractivity contribution is -0.113. The third kappa shape index (κ3) is 5.01. The molecule has 9 heteroatoms. The number of rotatable bonds is 8. The highest BCUT2D eigenvalue weighted by Gasteiger charge is 2.15. The van der Waals surface area contributed by atoms with Gasteiger partial charge in [0.1, 0.15) is 12.4 Å². The van der Waals surface area contributed by atoms with E-state index in [9.17, 15) is 4.79 Å². The number of hydrogen-bond acceptors (Lipinski definition) is 5. The van der Waals surface area contributed by atoms with Crippen molar-refractivity contribution >= 4 is 57.3 Å². The number of halogens is 2. The Kier molecular flexibility index (Phi) is 7.19. The molecule has 1 amide bonds. The minimum absolute atomic E-state index is 0.158. The first-order chi connectivity index (χ1) is 15.6. The van der Waals surface area contributed by atoms with Gasteiger partial charge in [-0.2, -0.15) is 0 Å². The van der Waals surface area contributed by atoms with Crippen LogP contribution in [0.15, 0.2) is 65.8 Å². The average Bonchev–Trinajstić information content (AvgIpc) is 3.21. The molecule has 1 N–H and O–H groups in total. The van der Waals surface area contributed by atoms with Crippen LogP contribution in [0.25, 0.3) is 10.8 Å². The summed E-state index contributed by atoms with van der Waals surface area (Å²) in [6, 6.07) is 19.1. The molecule has 4 rings (SSSR count). The van der Waals surface area contributed by atoms with Crippen LogP contribution in [-0.4, -0.2) is 26.4 Å². The monoisotopic (exact) mass is 486 g/mol. The Morgan fingerprint density at radius 1 is 1.06 bits per heavy atom. The molecular weight excluding hydrogens is 467 g/mol. The molecule has 0 fully saturated rings. The highest BCUT2D eigenvalue weighted by atomic mass is 35.5. The van der Waals surface area contributed by atoms with Gasteiger partial charge in [0.05, 0.1) is 21.5 Å². The first-order valence-electron chi connectivity index (χ1n) is 9.96. The van der Waals surface area contributed by atoms with Gasteiger partial charge in [0, 0.05) is 11.9 Å². The first-order valence-corrected chi connectivity index (χ1v) is 11.7. The molecular formula is C23H20Cl2N4O2S. The number of amides is 1. The van der Waals surface area contributed by atoms with Crippen LogP contribution in [0.3, 0.4) is 0 Å². The van der Waals surface area contributed by atoms with Gasteiger partial charge in [-0.3, -0.25) is 4.79 Å². The summed E-state index contributed by atoms with van der Waals surface area (Å²) in [7, 11) is 0. The molecule has 0 aliphatic carbocycles. The van der Waals surface area contributed by atoms with Crippen molar-refractivity contribution in [3.8, 4) is 5.75 Å². The highest BCUT2D eigenvalue weighted by Crippen LogP contribution is 2.30. The molecule has 6 nitrogen and oxygen atoms in total. The summed E-state index contributed by atoms with van der Waals surface area (Å²) in [4.78, 5) is 12.4. The Morgan fingerprint density at radius 2 is 1.84 bits per heavy atom. The van der Waals surface area contributed by atoms with E-state index in [2.05, 4.69) is 15.5 Å². The molecule has 0 atom stereocenters.